The first-order valence-corrected chi connectivity index (χ1v) is 6.94. The maximum Gasteiger partial charge on any atom is 0.243 e. The molecule has 96 valence electrons. The molecule has 0 aromatic heterocycles. The smallest absolute Gasteiger partial charge is 0.243 e. The first-order valence-electron chi connectivity index (χ1n) is 5.50. The maximum atomic E-state index is 12.3. The van der Waals surface area contributed by atoms with Gasteiger partial charge < -0.3 is 5.11 Å². The van der Waals surface area contributed by atoms with Crippen LogP contribution in [-0.2, 0) is 10.0 Å². The van der Waals surface area contributed by atoms with Crippen molar-refractivity contribution >= 4 is 10.0 Å². The summed E-state index contributed by atoms with van der Waals surface area (Å²) >= 11 is 0. The standard InChI is InChI=1S/C12H19NO3S/c1-5-12(2,3)13(4)17(15,16)11-8-6-10(14)7-9-11/h6-9,14H,5H2,1-4H3. The lowest BCUT2D eigenvalue weighted by Crippen LogP contribution is -2.44. The molecule has 0 aliphatic heterocycles. The molecule has 1 N–H and O–H groups in total. The third kappa shape index (κ3) is 2.79. The molecule has 4 nitrogen and oxygen atoms in total. The van der Waals surface area contributed by atoms with E-state index in [0.29, 0.717) is 0 Å². The fourth-order valence-electron chi connectivity index (χ4n) is 1.32. The highest BCUT2D eigenvalue weighted by atomic mass is 32.2. The van der Waals surface area contributed by atoms with Crippen LogP contribution in [0.4, 0.5) is 0 Å². The van der Waals surface area contributed by atoms with Crippen LogP contribution in [-0.4, -0.2) is 30.4 Å². The van der Waals surface area contributed by atoms with Crippen LogP contribution in [0, 0.1) is 0 Å². The molecule has 1 aromatic rings. The lowest BCUT2D eigenvalue weighted by Gasteiger charge is -2.33. The molecule has 0 atom stereocenters. The van der Waals surface area contributed by atoms with Gasteiger partial charge in [0.25, 0.3) is 0 Å². The summed E-state index contributed by atoms with van der Waals surface area (Å²) in [5.74, 6) is 0.0568. The lowest BCUT2D eigenvalue weighted by molar-refractivity contribution is 0.257. The average molecular weight is 257 g/mol. The Morgan fingerprint density at radius 3 is 2.12 bits per heavy atom. The minimum Gasteiger partial charge on any atom is -0.508 e. The highest BCUT2D eigenvalue weighted by Gasteiger charge is 2.32. The molecule has 0 aliphatic rings. The molecule has 1 rings (SSSR count). The predicted molar refractivity (Wildman–Crippen MR) is 67.4 cm³/mol. The molecule has 0 saturated heterocycles. The van der Waals surface area contributed by atoms with Gasteiger partial charge in [0.1, 0.15) is 5.75 Å². The third-order valence-corrected chi connectivity index (χ3v) is 5.30. The molecule has 5 heteroatoms. The highest BCUT2D eigenvalue weighted by Crippen LogP contribution is 2.25. The van der Waals surface area contributed by atoms with Crippen molar-refractivity contribution in [1.82, 2.24) is 4.31 Å². The van der Waals surface area contributed by atoms with Gasteiger partial charge in [0, 0.05) is 12.6 Å². The highest BCUT2D eigenvalue weighted by molar-refractivity contribution is 7.89. The van der Waals surface area contributed by atoms with Crippen molar-refractivity contribution in [3.8, 4) is 5.75 Å². The van der Waals surface area contributed by atoms with Crippen LogP contribution < -0.4 is 0 Å². The zero-order chi connectivity index (χ0) is 13.3. The molecule has 0 heterocycles. The molecule has 0 saturated carbocycles. The molecule has 0 spiro atoms. The van der Waals surface area contributed by atoms with Crippen LogP contribution in [0.3, 0.4) is 0 Å². The second-order valence-corrected chi connectivity index (χ2v) is 6.60. The monoisotopic (exact) mass is 257 g/mol. The Hall–Kier alpha value is -1.07. The normalized spacial score (nSPS) is 13.0. The summed E-state index contributed by atoms with van der Waals surface area (Å²) in [4.78, 5) is 0.194. The molecule has 0 aliphatic carbocycles. The number of hydrogen-bond acceptors (Lipinski definition) is 3. The molecule has 17 heavy (non-hydrogen) atoms. The fourth-order valence-corrected chi connectivity index (χ4v) is 2.90. The van der Waals surface area contributed by atoms with Crippen molar-refractivity contribution < 1.29 is 13.5 Å². The number of hydrogen-bond donors (Lipinski definition) is 1. The van der Waals surface area contributed by atoms with E-state index >= 15 is 0 Å². The zero-order valence-corrected chi connectivity index (χ0v) is 11.5. The Morgan fingerprint density at radius 2 is 1.71 bits per heavy atom. The molecular weight excluding hydrogens is 238 g/mol. The molecular formula is C12H19NO3S. The van der Waals surface area contributed by atoms with Crippen LogP contribution in [0.1, 0.15) is 27.2 Å². The summed E-state index contributed by atoms with van der Waals surface area (Å²) in [6, 6.07) is 5.57. The predicted octanol–water partition coefficient (Wildman–Crippen LogP) is 2.20. The van der Waals surface area contributed by atoms with E-state index in [1.165, 1.54) is 28.6 Å². The van der Waals surface area contributed by atoms with E-state index in [1.54, 1.807) is 7.05 Å². The number of benzene rings is 1. The van der Waals surface area contributed by atoms with Crippen LogP contribution >= 0.6 is 0 Å². The molecule has 0 radical (unpaired) electrons. The summed E-state index contributed by atoms with van der Waals surface area (Å²) < 4.78 is 26.0. The second kappa shape index (κ2) is 4.66. The maximum absolute atomic E-state index is 12.3. The van der Waals surface area contributed by atoms with Gasteiger partial charge in [-0.2, -0.15) is 4.31 Å². The minimum absolute atomic E-state index is 0.0568. The number of sulfonamides is 1. The number of aromatic hydroxyl groups is 1. The number of nitrogens with zero attached hydrogens (tertiary/aromatic N) is 1. The molecule has 0 unspecified atom stereocenters. The number of phenols is 1. The van der Waals surface area contributed by atoms with E-state index in [9.17, 15) is 8.42 Å². The zero-order valence-electron chi connectivity index (χ0n) is 10.6. The summed E-state index contributed by atoms with van der Waals surface area (Å²) in [6.07, 6.45) is 0.723. The van der Waals surface area contributed by atoms with Gasteiger partial charge in [-0.1, -0.05) is 6.92 Å². The van der Waals surface area contributed by atoms with Gasteiger partial charge in [-0.15, -0.1) is 0 Å². The fraction of sp³-hybridized carbons (Fsp3) is 0.500. The van der Waals surface area contributed by atoms with E-state index in [2.05, 4.69) is 0 Å². The quantitative estimate of drug-likeness (QED) is 0.899. The van der Waals surface area contributed by atoms with Gasteiger partial charge in [0.15, 0.2) is 0 Å². The van der Waals surface area contributed by atoms with Gasteiger partial charge in [-0.3, -0.25) is 0 Å². The van der Waals surface area contributed by atoms with Gasteiger partial charge >= 0.3 is 0 Å². The van der Waals surface area contributed by atoms with Gasteiger partial charge in [-0.05, 0) is 44.5 Å². The largest absolute Gasteiger partial charge is 0.508 e. The third-order valence-electron chi connectivity index (χ3n) is 3.21. The van der Waals surface area contributed by atoms with Gasteiger partial charge in [0.2, 0.25) is 10.0 Å². The first-order chi connectivity index (χ1) is 7.71. The van der Waals surface area contributed by atoms with Gasteiger partial charge in [-0.25, -0.2) is 8.42 Å². The molecule has 1 aromatic carbocycles. The summed E-state index contributed by atoms with van der Waals surface area (Å²) in [5, 5.41) is 9.16. The minimum atomic E-state index is -3.50. The number of phenolic OH excluding ortho intramolecular Hbond substituents is 1. The summed E-state index contributed by atoms with van der Waals surface area (Å²) in [5.41, 5.74) is -0.434. The Balaban J connectivity index is 3.16. The first kappa shape index (κ1) is 14.0. The number of rotatable bonds is 4. The van der Waals surface area contributed by atoms with Crippen molar-refractivity contribution in [2.24, 2.45) is 0 Å². The van der Waals surface area contributed by atoms with Crippen LogP contribution in [0.5, 0.6) is 5.75 Å². The van der Waals surface area contributed by atoms with Crippen molar-refractivity contribution in [3.05, 3.63) is 24.3 Å². The summed E-state index contributed by atoms with van der Waals surface area (Å²) in [6.45, 7) is 5.71. The SMILES string of the molecule is CCC(C)(C)N(C)S(=O)(=O)c1ccc(O)cc1. The van der Waals surface area contributed by atoms with Crippen molar-refractivity contribution in [1.29, 1.82) is 0 Å². The Morgan fingerprint density at radius 1 is 1.24 bits per heavy atom. The topological polar surface area (TPSA) is 57.6 Å². The van der Waals surface area contributed by atoms with Crippen LogP contribution in [0.25, 0.3) is 0 Å². The van der Waals surface area contributed by atoms with E-state index in [4.69, 9.17) is 5.11 Å². The van der Waals surface area contributed by atoms with Crippen molar-refractivity contribution in [2.45, 2.75) is 37.6 Å². The Kier molecular flexibility index (Phi) is 3.84. The Bertz CT molecular complexity index is 477. The van der Waals surface area contributed by atoms with Gasteiger partial charge in [0.05, 0.1) is 4.90 Å². The molecule has 0 amide bonds. The van der Waals surface area contributed by atoms with E-state index < -0.39 is 15.6 Å². The summed E-state index contributed by atoms with van der Waals surface area (Å²) in [7, 11) is -1.93. The van der Waals surface area contributed by atoms with Crippen molar-refractivity contribution in [2.75, 3.05) is 7.05 Å². The average Bonchev–Trinajstić information content (AvgIpc) is 2.28. The van der Waals surface area contributed by atoms with E-state index in [-0.39, 0.29) is 10.6 Å². The second-order valence-electron chi connectivity index (χ2n) is 4.63. The Labute approximate surface area is 103 Å². The van der Waals surface area contributed by atoms with E-state index in [1.807, 2.05) is 20.8 Å². The van der Waals surface area contributed by atoms with Crippen LogP contribution in [0.15, 0.2) is 29.2 Å². The molecule has 0 bridgehead atoms. The molecule has 0 fully saturated rings. The lowest BCUT2D eigenvalue weighted by atomic mass is 10.0. The van der Waals surface area contributed by atoms with E-state index in [0.717, 1.165) is 6.42 Å². The van der Waals surface area contributed by atoms with Crippen LogP contribution in [0.2, 0.25) is 0 Å². The van der Waals surface area contributed by atoms with Crippen molar-refractivity contribution in [3.63, 3.8) is 0 Å².